The van der Waals surface area contributed by atoms with E-state index < -0.39 is 0 Å². The second kappa shape index (κ2) is 6.87. The molecule has 0 aliphatic rings. The molecule has 0 fully saturated rings. The van der Waals surface area contributed by atoms with Gasteiger partial charge in [-0.1, -0.05) is 13.8 Å². The summed E-state index contributed by atoms with van der Waals surface area (Å²) in [5.41, 5.74) is 0. The molecule has 14 heavy (non-hydrogen) atoms. The van der Waals surface area contributed by atoms with Gasteiger partial charge in [0.25, 0.3) is 0 Å². The van der Waals surface area contributed by atoms with E-state index in [2.05, 4.69) is 5.32 Å². The van der Waals surface area contributed by atoms with Crippen molar-refractivity contribution in [2.45, 2.75) is 33.2 Å². The van der Waals surface area contributed by atoms with Crippen LogP contribution in [0.2, 0.25) is 0 Å². The van der Waals surface area contributed by atoms with E-state index in [-0.39, 0.29) is 23.7 Å². The Morgan fingerprint density at radius 2 is 1.93 bits per heavy atom. The topological polar surface area (TPSA) is 46.2 Å². The number of rotatable bonds is 6. The number of nitrogens with one attached hydrogen (secondary N) is 1. The fourth-order valence-corrected chi connectivity index (χ4v) is 1.64. The normalized spacial score (nSPS) is 12.6. The van der Waals surface area contributed by atoms with Gasteiger partial charge >= 0.3 is 0 Å². The number of ketones is 1. The first-order valence-electron chi connectivity index (χ1n) is 4.78. The Morgan fingerprint density at radius 3 is 2.29 bits per heavy atom. The molecule has 0 rings (SSSR count). The molecular weight excluding hydrogens is 198 g/mol. The standard InChI is InChI=1S/C10H19NO2S/c1-7(2)10(13)9(5-6-14-4)11-8(3)12/h7,9H,5-6H2,1-4H3,(H,11,12)/t9-/m0/s1. The third-order valence-corrected chi connectivity index (χ3v) is 2.54. The highest BCUT2D eigenvalue weighted by molar-refractivity contribution is 7.98. The van der Waals surface area contributed by atoms with E-state index in [9.17, 15) is 9.59 Å². The lowest BCUT2D eigenvalue weighted by molar-refractivity contribution is -0.128. The van der Waals surface area contributed by atoms with E-state index in [1.165, 1.54) is 6.92 Å². The van der Waals surface area contributed by atoms with Crippen molar-refractivity contribution in [1.82, 2.24) is 5.32 Å². The van der Waals surface area contributed by atoms with Gasteiger partial charge in [0.15, 0.2) is 5.78 Å². The minimum atomic E-state index is -0.306. The van der Waals surface area contributed by atoms with Crippen LogP contribution in [-0.4, -0.2) is 29.7 Å². The molecule has 0 saturated carbocycles. The molecule has 0 aromatic rings. The maximum Gasteiger partial charge on any atom is 0.217 e. The van der Waals surface area contributed by atoms with Crippen molar-refractivity contribution in [1.29, 1.82) is 0 Å². The average Bonchev–Trinajstić information content (AvgIpc) is 2.10. The van der Waals surface area contributed by atoms with Crippen LogP contribution in [-0.2, 0) is 9.59 Å². The van der Waals surface area contributed by atoms with Gasteiger partial charge < -0.3 is 5.32 Å². The zero-order chi connectivity index (χ0) is 11.1. The van der Waals surface area contributed by atoms with Crippen LogP contribution in [0.25, 0.3) is 0 Å². The Labute approximate surface area is 90.0 Å². The lowest BCUT2D eigenvalue weighted by Gasteiger charge is -2.18. The van der Waals surface area contributed by atoms with Gasteiger partial charge in [0.1, 0.15) is 0 Å². The molecule has 0 unspecified atom stereocenters. The summed E-state index contributed by atoms with van der Waals surface area (Å²) >= 11 is 1.68. The van der Waals surface area contributed by atoms with Crippen molar-refractivity contribution in [2.24, 2.45) is 5.92 Å². The quantitative estimate of drug-likeness (QED) is 0.733. The molecule has 0 heterocycles. The molecule has 1 amide bonds. The van der Waals surface area contributed by atoms with Gasteiger partial charge in [-0.3, -0.25) is 9.59 Å². The highest BCUT2D eigenvalue weighted by Crippen LogP contribution is 2.07. The number of carbonyl (C=O) groups is 2. The monoisotopic (exact) mass is 217 g/mol. The number of amides is 1. The second-order valence-corrected chi connectivity index (χ2v) is 4.58. The smallest absolute Gasteiger partial charge is 0.217 e. The lowest BCUT2D eigenvalue weighted by atomic mass is 10.00. The van der Waals surface area contributed by atoms with Crippen LogP contribution >= 0.6 is 11.8 Å². The van der Waals surface area contributed by atoms with Crippen LogP contribution in [0, 0.1) is 5.92 Å². The number of Topliss-reactive ketones (excluding diaryl/α,β-unsaturated/α-hetero) is 1. The number of carbonyl (C=O) groups excluding carboxylic acids is 2. The van der Waals surface area contributed by atoms with Gasteiger partial charge in [0.2, 0.25) is 5.91 Å². The Morgan fingerprint density at radius 1 is 1.36 bits per heavy atom. The average molecular weight is 217 g/mol. The first-order valence-corrected chi connectivity index (χ1v) is 6.18. The zero-order valence-corrected chi connectivity index (χ0v) is 10.1. The fourth-order valence-electron chi connectivity index (χ4n) is 1.17. The van der Waals surface area contributed by atoms with Crippen molar-refractivity contribution in [3.05, 3.63) is 0 Å². The highest BCUT2D eigenvalue weighted by atomic mass is 32.2. The van der Waals surface area contributed by atoms with Crippen molar-refractivity contribution in [3.8, 4) is 0 Å². The first kappa shape index (κ1) is 13.5. The molecule has 3 nitrogen and oxygen atoms in total. The number of hydrogen-bond acceptors (Lipinski definition) is 3. The summed E-state index contributed by atoms with van der Waals surface area (Å²) in [4.78, 5) is 22.5. The van der Waals surface area contributed by atoms with Gasteiger partial charge in [0.05, 0.1) is 6.04 Å². The Bertz CT molecular complexity index is 204. The maximum atomic E-state index is 11.7. The summed E-state index contributed by atoms with van der Waals surface area (Å²) < 4.78 is 0. The van der Waals surface area contributed by atoms with Crippen LogP contribution in [0.5, 0.6) is 0 Å². The molecule has 0 saturated heterocycles. The van der Waals surface area contributed by atoms with Crippen molar-refractivity contribution >= 4 is 23.5 Å². The largest absolute Gasteiger partial charge is 0.346 e. The summed E-state index contributed by atoms with van der Waals surface area (Å²) in [7, 11) is 0. The van der Waals surface area contributed by atoms with Gasteiger partial charge in [-0.15, -0.1) is 0 Å². The van der Waals surface area contributed by atoms with Crippen LogP contribution in [0.4, 0.5) is 0 Å². The van der Waals surface area contributed by atoms with E-state index in [1.54, 1.807) is 11.8 Å². The summed E-state index contributed by atoms with van der Waals surface area (Å²) in [5, 5.41) is 2.69. The minimum Gasteiger partial charge on any atom is -0.346 e. The summed E-state index contributed by atoms with van der Waals surface area (Å²) in [6.45, 7) is 5.16. The third kappa shape index (κ3) is 5.27. The van der Waals surface area contributed by atoms with E-state index in [1.807, 2.05) is 20.1 Å². The predicted octanol–water partition coefficient (Wildman–Crippen LogP) is 1.47. The minimum absolute atomic E-state index is 0.0197. The fraction of sp³-hybridized carbons (Fsp3) is 0.800. The Hall–Kier alpha value is -0.510. The molecular formula is C10H19NO2S. The second-order valence-electron chi connectivity index (χ2n) is 3.59. The van der Waals surface area contributed by atoms with E-state index in [4.69, 9.17) is 0 Å². The summed E-state index contributed by atoms with van der Waals surface area (Å²) in [6.07, 6.45) is 2.71. The summed E-state index contributed by atoms with van der Waals surface area (Å²) in [5.74, 6) is 0.858. The van der Waals surface area contributed by atoms with Crippen LogP contribution in [0.1, 0.15) is 27.2 Å². The first-order chi connectivity index (χ1) is 6.49. The molecule has 0 aliphatic carbocycles. The molecule has 1 N–H and O–H groups in total. The maximum absolute atomic E-state index is 11.7. The van der Waals surface area contributed by atoms with Gasteiger partial charge in [-0.25, -0.2) is 0 Å². The van der Waals surface area contributed by atoms with Crippen LogP contribution in [0.3, 0.4) is 0 Å². The van der Waals surface area contributed by atoms with Crippen molar-refractivity contribution < 1.29 is 9.59 Å². The molecule has 0 bridgehead atoms. The van der Waals surface area contributed by atoms with Gasteiger partial charge in [-0.05, 0) is 18.4 Å². The highest BCUT2D eigenvalue weighted by Gasteiger charge is 2.21. The van der Waals surface area contributed by atoms with E-state index in [0.29, 0.717) is 0 Å². The van der Waals surface area contributed by atoms with E-state index in [0.717, 1.165) is 12.2 Å². The lowest BCUT2D eigenvalue weighted by Crippen LogP contribution is -2.42. The molecule has 0 radical (unpaired) electrons. The molecule has 0 aromatic heterocycles. The van der Waals surface area contributed by atoms with Gasteiger partial charge in [0, 0.05) is 12.8 Å². The zero-order valence-electron chi connectivity index (χ0n) is 9.29. The number of thioether (sulfide) groups is 1. The van der Waals surface area contributed by atoms with E-state index >= 15 is 0 Å². The van der Waals surface area contributed by atoms with Crippen molar-refractivity contribution in [2.75, 3.05) is 12.0 Å². The molecule has 4 heteroatoms. The van der Waals surface area contributed by atoms with Gasteiger partial charge in [-0.2, -0.15) is 11.8 Å². The SMILES string of the molecule is CSCC[C@H](NC(C)=O)C(=O)C(C)C. The molecule has 0 spiro atoms. The Balaban J connectivity index is 4.22. The van der Waals surface area contributed by atoms with Crippen LogP contribution < -0.4 is 5.32 Å². The Kier molecular flexibility index (Phi) is 6.62. The molecule has 82 valence electrons. The summed E-state index contributed by atoms with van der Waals surface area (Å²) in [6, 6.07) is -0.306. The van der Waals surface area contributed by atoms with Crippen LogP contribution in [0.15, 0.2) is 0 Å². The third-order valence-electron chi connectivity index (χ3n) is 1.90. The number of hydrogen-bond donors (Lipinski definition) is 1. The predicted molar refractivity (Wildman–Crippen MR) is 60.4 cm³/mol. The molecule has 0 aliphatic heterocycles. The van der Waals surface area contributed by atoms with Crippen molar-refractivity contribution in [3.63, 3.8) is 0 Å². The molecule has 1 atom stereocenters. The molecule has 0 aromatic carbocycles.